The van der Waals surface area contributed by atoms with Crippen LogP contribution in [0, 0.1) is 12.8 Å². The van der Waals surface area contributed by atoms with Gasteiger partial charge in [0.1, 0.15) is 10.1 Å². The molecule has 31 heavy (non-hydrogen) atoms. The Bertz CT molecular complexity index is 1200. The molecular weight excluding hydrogens is 432 g/mol. The number of carbonyl (C=O) groups excluding carboxylic acids is 1. The number of thiophene rings is 1. The van der Waals surface area contributed by atoms with Gasteiger partial charge in [-0.25, -0.2) is 4.98 Å². The van der Waals surface area contributed by atoms with Crippen LogP contribution in [-0.4, -0.2) is 34.0 Å². The molecule has 0 saturated heterocycles. The van der Waals surface area contributed by atoms with Crippen LogP contribution in [0.15, 0.2) is 34.2 Å². The summed E-state index contributed by atoms with van der Waals surface area (Å²) < 4.78 is 12.5. The molecule has 0 fully saturated rings. The van der Waals surface area contributed by atoms with Crippen molar-refractivity contribution in [1.29, 1.82) is 0 Å². The van der Waals surface area contributed by atoms with E-state index >= 15 is 0 Å². The number of thioether (sulfide) groups is 1. The summed E-state index contributed by atoms with van der Waals surface area (Å²) in [5.74, 6) is 0.0136. The summed E-state index contributed by atoms with van der Waals surface area (Å²) in [5, 5.41) is 0.671. The molecule has 0 N–H and O–H groups in total. The molecule has 6 nitrogen and oxygen atoms in total. The summed E-state index contributed by atoms with van der Waals surface area (Å²) in [5.41, 5.74) is 2.70. The molecule has 2 aromatic heterocycles. The molecule has 4 rings (SSSR count). The van der Waals surface area contributed by atoms with E-state index in [-0.39, 0.29) is 17.6 Å². The molecule has 0 unspecified atom stereocenters. The summed E-state index contributed by atoms with van der Waals surface area (Å²) in [4.78, 5) is 32.6. The predicted octanol–water partition coefficient (Wildman–Crippen LogP) is 4.51. The fourth-order valence-corrected chi connectivity index (χ4v) is 5.92. The van der Waals surface area contributed by atoms with Gasteiger partial charge in [0.15, 0.2) is 5.16 Å². The second-order valence-corrected chi connectivity index (χ2v) is 10.5. The van der Waals surface area contributed by atoms with Gasteiger partial charge in [0.05, 0.1) is 30.9 Å². The highest BCUT2D eigenvalue weighted by molar-refractivity contribution is 8.00. The minimum Gasteiger partial charge on any atom is -0.468 e. The van der Waals surface area contributed by atoms with Gasteiger partial charge >= 0.3 is 5.97 Å². The highest BCUT2D eigenvalue weighted by Crippen LogP contribution is 2.37. The van der Waals surface area contributed by atoms with E-state index in [1.165, 1.54) is 30.2 Å². The lowest BCUT2D eigenvalue weighted by Crippen LogP contribution is -2.28. The highest BCUT2D eigenvalue weighted by atomic mass is 32.2. The number of methoxy groups -OCH3 is 1. The van der Waals surface area contributed by atoms with Gasteiger partial charge in [-0.15, -0.1) is 11.3 Å². The smallest absolute Gasteiger partial charge is 0.318 e. The summed E-state index contributed by atoms with van der Waals surface area (Å²) in [6.45, 7) is 8.50. The van der Waals surface area contributed by atoms with Gasteiger partial charge in [-0.1, -0.05) is 43.8 Å². The lowest BCUT2D eigenvalue weighted by Gasteiger charge is -2.26. The fourth-order valence-electron chi connectivity index (χ4n) is 3.81. The molecule has 0 aliphatic carbocycles. The van der Waals surface area contributed by atoms with E-state index in [1.54, 1.807) is 11.5 Å². The number of rotatable bonds is 5. The quantitative estimate of drug-likeness (QED) is 0.318. The molecule has 1 aliphatic rings. The number of aryl methyl sites for hydroxylation is 1. The van der Waals surface area contributed by atoms with Gasteiger partial charge in [-0.05, 0) is 37.0 Å². The van der Waals surface area contributed by atoms with E-state index in [2.05, 4.69) is 13.8 Å². The van der Waals surface area contributed by atoms with Crippen LogP contribution in [0.1, 0.15) is 36.8 Å². The average molecular weight is 459 g/mol. The molecule has 0 amide bonds. The zero-order valence-corrected chi connectivity index (χ0v) is 19.9. The van der Waals surface area contributed by atoms with Crippen molar-refractivity contribution in [2.75, 3.05) is 7.11 Å². The van der Waals surface area contributed by atoms with E-state index in [1.807, 2.05) is 31.2 Å². The van der Waals surface area contributed by atoms with Crippen molar-refractivity contribution in [3.05, 3.63) is 50.6 Å². The zero-order valence-electron chi connectivity index (χ0n) is 18.3. The van der Waals surface area contributed by atoms with E-state index in [0.717, 1.165) is 21.7 Å². The van der Waals surface area contributed by atoms with E-state index < -0.39 is 5.25 Å². The van der Waals surface area contributed by atoms with Crippen LogP contribution in [0.25, 0.3) is 15.9 Å². The number of benzene rings is 1. The SMILES string of the molecule is COC(=O)[C@H](C)Sc1nc2sc3c(c2c(=O)n1-c1ccccc1C)C[C@H](C(C)C)OC3. The molecular formula is C23H26N2O4S2. The maximum absolute atomic E-state index is 13.9. The van der Waals surface area contributed by atoms with Crippen molar-refractivity contribution in [1.82, 2.24) is 9.55 Å². The van der Waals surface area contributed by atoms with Gasteiger partial charge in [-0.2, -0.15) is 0 Å². The van der Waals surface area contributed by atoms with Gasteiger partial charge in [-0.3, -0.25) is 14.2 Å². The molecule has 3 aromatic rings. The monoisotopic (exact) mass is 458 g/mol. The van der Waals surface area contributed by atoms with Gasteiger partial charge in [0.25, 0.3) is 5.56 Å². The summed E-state index contributed by atoms with van der Waals surface area (Å²) in [6, 6.07) is 7.73. The molecule has 0 radical (unpaired) electrons. The number of aromatic nitrogens is 2. The first-order valence-electron chi connectivity index (χ1n) is 10.3. The summed E-state index contributed by atoms with van der Waals surface area (Å²) in [6.07, 6.45) is 0.799. The highest BCUT2D eigenvalue weighted by Gasteiger charge is 2.29. The minimum atomic E-state index is -0.493. The van der Waals surface area contributed by atoms with Gasteiger partial charge < -0.3 is 9.47 Å². The number of carbonyl (C=O) groups is 1. The minimum absolute atomic E-state index is 0.0880. The van der Waals surface area contributed by atoms with Crippen molar-refractivity contribution in [2.45, 2.75) is 57.2 Å². The predicted molar refractivity (Wildman–Crippen MR) is 124 cm³/mol. The topological polar surface area (TPSA) is 70.4 Å². The molecule has 164 valence electrons. The summed E-state index contributed by atoms with van der Waals surface area (Å²) in [7, 11) is 1.36. The Morgan fingerprint density at radius 2 is 2.06 bits per heavy atom. The second-order valence-electron chi connectivity index (χ2n) is 8.09. The molecule has 0 saturated carbocycles. The first kappa shape index (κ1) is 22.0. The molecule has 1 aromatic carbocycles. The standard InChI is InChI=1S/C23H26N2O4S2/c1-12(2)17-10-15-18(11-29-17)31-20-19(15)21(26)25(16-9-7-6-8-13(16)3)23(24-20)30-14(4)22(27)28-5/h6-9,12,14,17H,10-11H2,1-5H3/t14-,17+/m0/s1. The third kappa shape index (κ3) is 4.04. The maximum atomic E-state index is 13.9. The first-order valence-corrected chi connectivity index (χ1v) is 12.0. The van der Waals surface area contributed by atoms with Crippen LogP contribution in [-0.2, 0) is 27.3 Å². The van der Waals surface area contributed by atoms with Crippen molar-refractivity contribution in [3.63, 3.8) is 0 Å². The fraction of sp³-hybridized carbons (Fsp3) is 0.435. The van der Waals surface area contributed by atoms with E-state index in [0.29, 0.717) is 34.3 Å². The lowest BCUT2D eigenvalue weighted by atomic mass is 9.96. The van der Waals surface area contributed by atoms with E-state index in [9.17, 15) is 9.59 Å². The van der Waals surface area contributed by atoms with Crippen molar-refractivity contribution < 1.29 is 14.3 Å². The number of nitrogens with zero attached hydrogens (tertiary/aromatic N) is 2. The number of hydrogen-bond donors (Lipinski definition) is 0. The summed E-state index contributed by atoms with van der Waals surface area (Å²) >= 11 is 2.75. The third-order valence-corrected chi connectivity index (χ3v) is 7.76. The number of ether oxygens (including phenoxy) is 2. The molecule has 2 atom stereocenters. The molecule has 1 aliphatic heterocycles. The number of para-hydroxylation sites is 1. The Morgan fingerprint density at radius 3 is 2.74 bits per heavy atom. The molecule has 8 heteroatoms. The Balaban J connectivity index is 1.95. The Kier molecular flexibility index (Phi) is 6.23. The second kappa shape index (κ2) is 8.76. The van der Waals surface area contributed by atoms with Crippen LogP contribution < -0.4 is 5.56 Å². The average Bonchev–Trinajstić information content (AvgIpc) is 3.11. The van der Waals surface area contributed by atoms with E-state index in [4.69, 9.17) is 14.5 Å². The Labute approximate surface area is 189 Å². The van der Waals surface area contributed by atoms with Crippen LogP contribution in [0.5, 0.6) is 0 Å². The third-order valence-electron chi connectivity index (χ3n) is 5.63. The Morgan fingerprint density at radius 1 is 1.32 bits per heavy atom. The van der Waals surface area contributed by atoms with Gasteiger partial charge in [0.2, 0.25) is 0 Å². The normalized spacial score (nSPS) is 17.0. The van der Waals surface area contributed by atoms with Gasteiger partial charge in [0, 0.05) is 11.3 Å². The van der Waals surface area contributed by atoms with Crippen molar-refractivity contribution in [3.8, 4) is 5.69 Å². The first-order chi connectivity index (χ1) is 14.8. The maximum Gasteiger partial charge on any atom is 0.318 e. The van der Waals surface area contributed by atoms with Crippen LogP contribution in [0.2, 0.25) is 0 Å². The number of hydrogen-bond acceptors (Lipinski definition) is 7. The Hall–Kier alpha value is -2.16. The molecule has 0 bridgehead atoms. The molecule has 3 heterocycles. The number of fused-ring (bicyclic) bond motifs is 3. The zero-order chi connectivity index (χ0) is 22.3. The van der Waals surface area contributed by atoms with Crippen LogP contribution in [0.4, 0.5) is 0 Å². The van der Waals surface area contributed by atoms with Crippen molar-refractivity contribution >= 4 is 39.3 Å². The molecule has 0 spiro atoms. The van der Waals surface area contributed by atoms with Crippen LogP contribution >= 0.6 is 23.1 Å². The van der Waals surface area contributed by atoms with Crippen molar-refractivity contribution in [2.24, 2.45) is 5.92 Å². The number of esters is 1. The lowest BCUT2D eigenvalue weighted by molar-refractivity contribution is -0.139. The van der Waals surface area contributed by atoms with Crippen LogP contribution in [0.3, 0.4) is 0 Å². The largest absolute Gasteiger partial charge is 0.468 e.